The minimum absolute atomic E-state index is 0.0365. The number of hydrogen-bond acceptors (Lipinski definition) is 3. The van der Waals surface area contributed by atoms with Crippen LogP contribution in [0.4, 0.5) is 0 Å². The van der Waals surface area contributed by atoms with Gasteiger partial charge in [-0.25, -0.2) is 0 Å². The maximum Gasteiger partial charge on any atom is 0.251 e. The van der Waals surface area contributed by atoms with Crippen molar-refractivity contribution in [3.63, 3.8) is 0 Å². The minimum atomic E-state index is -0.207. The van der Waals surface area contributed by atoms with E-state index >= 15 is 0 Å². The number of nitrogens with zero attached hydrogens (tertiary/aromatic N) is 1. The molecule has 2 aliphatic heterocycles. The summed E-state index contributed by atoms with van der Waals surface area (Å²) in [5, 5.41) is 5.69. The van der Waals surface area contributed by atoms with E-state index in [1.807, 2.05) is 18.2 Å². The SMILES string of the molecule is O=C(CNC(=O)c1ccccc1)NC[C@H]1CCCN2CCCC[C@H]12. The molecule has 0 aliphatic carbocycles. The fourth-order valence-corrected chi connectivity index (χ4v) is 3.97. The van der Waals surface area contributed by atoms with Crippen molar-refractivity contribution < 1.29 is 9.59 Å². The first-order chi connectivity index (χ1) is 11.7. The van der Waals surface area contributed by atoms with E-state index in [9.17, 15) is 9.59 Å². The number of carbonyl (C=O) groups excluding carboxylic acids is 2. The number of carbonyl (C=O) groups is 2. The van der Waals surface area contributed by atoms with E-state index in [4.69, 9.17) is 0 Å². The predicted octanol–water partition coefficient (Wildman–Crippen LogP) is 1.80. The standard InChI is InChI=1S/C19H27N3O2/c23-18(14-21-19(24)15-7-2-1-3-8-15)20-13-16-9-6-12-22-11-5-4-10-17(16)22/h1-3,7-8,16-17H,4-6,9-14H2,(H,20,23)(H,21,24)/t16-,17-/m1/s1. The molecular weight excluding hydrogens is 302 g/mol. The molecule has 2 fully saturated rings. The molecule has 0 radical (unpaired) electrons. The fourth-order valence-electron chi connectivity index (χ4n) is 3.97. The van der Waals surface area contributed by atoms with Crippen molar-refractivity contribution >= 4 is 11.8 Å². The lowest BCUT2D eigenvalue weighted by Gasteiger charge is -2.44. The normalized spacial score (nSPS) is 24.0. The van der Waals surface area contributed by atoms with Crippen LogP contribution in [0.25, 0.3) is 0 Å². The Kier molecular flexibility index (Phi) is 5.86. The van der Waals surface area contributed by atoms with Crippen molar-refractivity contribution in [3.8, 4) is 0 Å². The summed E-state index contributed by atoms with van der Waals surface area (Å²) < 4.78 is 0. The zero-order chi connectivity index (χ0) is 16.8. The van der Waals surface area contributed by atoms with E-state index < -0.39 is 0 Å². The summed E-state index contributed by atoms with van der Waals surface area (Å²) in [4.78, 5) is 26.6. The Morgan fingerprint density at radius 1 is 1.00 bits per heavy atom. The molecule has 0 unspecified atom stereocenters. The third-order valence-electron chi connectivity index (χ3n) is 5.24. The van der Waals surface area contributed by atoms with Crippen LogP contribution in [0, 0.1) is 5.92 Å². The van der Waals surface area contributed by atoms with Gasteiger partial charge in [-0.1, -0.05) is 24.6 Å². The van der Waals surface area contributed by atoms with Gasteiger partial charge in [-0.3, -0.25) is 9.59 Å². The molecule has 1 aromatic carbocycles. The number of piperidine rings is 2. The van der Waals surface area contributed by atoms with E-state index in [-0.39, 0.29) is 18.4 Å². The van der Waals surface area contributed by atoms with Crippen LogP contribution < -0.4 is 10.6 Å². The molecule has 0 aromatic heterocycles. The monoisotopic (exact) mass is 329 g/mol. The van der Waals surface area contributed by atoms with Crippen LogP contribution >= 0.6 is 0 Å². The number of benzene rings is 1. The lowest BCUT2D eigenvalue weighted by Crippen LogP contribution is -2.51. The van der Waals surface area contributed by atoms with E-state index in [2.05, 4.69) is 15.5 Å². The Bertz CT molecular complexity index is 559. The second kappa shape index (κ2) is 8.29. The molecule has 2 amide bonds. The van der Waals surface area contributed by atoms with Crippen LogP contribution in [0.5, 0.6) is 0 Å². The fraction of sp³-hybridized carbons (Fsp3) is 0.579. The highest BCUT2D eigenvalue weighted by molar-refractivity contribution is 5.96. The van der Waals surface area contributed by atoms with Crippen LogP contribution in [-0.2, 0) is 4.79 Å². The van der Waals surface area contributed by atoms with Crippen LogP contribution in [0.3, 0.4) is 0 Å². The molecule has 5 nitrogen and oxygen atoms in total. The number of nitrogens with one attached hydrogen (secondary N) is 2. The zero-order valence-corrected chi connectivity index (χ0v) is 14.2. The molecule has 2 atom stereocenters. The van der Waals surface area contributed by atoms with Gasteiger partial charge >= 0.3 is 0 Å². The summed E-state index contributed by atoms with van der Waals surface area (Å²) in [5.74, 6) is 0.238. The Hall–Kier alpha value is -1.88. The maximum atomic E-state index is 12.0. The number of rotatable bonds is 5. The lowest BCUT2D eigenvalue weighted by molar-refractivity contribution is -0.120. The van der Waals surface area contributed by atoms with Crippen molar-refractivity contribution in [1.29, 1.82) is 0 Å². The number of fused-ring (bicyclic) bond motifs is 1. The van der Waals surface area contributed by atoms with Gasteiger partial charge in [-0.2, -0.15) is 0 Å². The van der Waals surface area contributed by atoms with Gasteiger partial charge in [-0.15, -0.1) is 0 Å². The summed E-state index contributed by atoms with van der Waals surface area (Å²) in [6.45, 7) is 3.18. The number of hydrogen-bond donors (Lipinski definition) is 2. The molecule has 1 aromatic rings. The summed E-state index contributed by atoms with van der Waals surface area (Å²) in [6.07, 6.45) is 6.28. The summed E-state index contributed by atoms with van der Waals surface area (Å²) in [6, 6.07) is 9.61. The first-order valence-electron chi connectivity index (χ1n) is 9.08. The van der Waals surface area contributed by atoms with Gasteiger partial charge < -0.3 is 15.5 Å². The van der Waals surface area contributed by atoms with Gasteiger partial charge in [0.2, 0.25) is 5.91 Å². The van der Waals surface area contributed by atoms with Crippen molar-refractivity contribution in [3.05, 3.63) is 35.9 Å². The van der Waals surface area contributed by atoms with Crippen molar-refractivity contribution in [2.24, 2.45) is 5.92 Å². The number of amides is 2. The molecule has 5 heteroatoms. The molecule has 2 aliphatic rings. The smallest absolute Gasteiger partial charge is 0.251 e. The molecule has 0 bridgehead atoms. The first kappa shape index (κ1) is 17.0. The van der Waals surface area contributed by atoms with Crippen molar-refractivity contribution in [2.45, 2.75) is 38.1 Å². The third kappa shape index (κ3) is 4.35. The molecule has 0 saturated carbocycles. The van der Waals surface area contributed by atoms with Gasteiger partial charge in [0.15, 0.2) is 0 Å². The van der Waals surface area contributed by atoms with Crippen LogP contribution in [0.15, 0.2) is 30.3 Å². The molecule has 2 N–H and O–H groups in total. The lowest BCUT2D eigenvalue weighted by atomic mass is 9.83. The maximum absolute atomic E-state index is 12.0. The van der Waals surface area contributed by atoms with Crippen molar-refractivity contribution in [2.75, 3.05) is 26.2 Å². The summed E-state index contributed by atoms with van der Waals surface area (Å²) in [5.41, 5.74) is 0.579. The molecule has 0 spiro atoms. The van der Waals surface area contributed by atoms with E-state index in [1.165, 1.54) is 45.2 Å². The van der Waals surface area contributed by atoms with E-state index in [1.54, 1.807) is 12.1 Å². The molecule has 2 heterocycles. The Labute approximate surface area is 143 Å². The Balaban J connectivity index is 1.41. The minimum Gasteiger partial charge on any atom is -0.354 e. The van der Waals surface area contributed by atoms with Gasteiger partial charge in [-0.05, 0) is 56.8 Å². The van der Waals surface area contributed by atoms with Gasteiger partial charge in [0.1, 0.15) is 0 Å². The molecule has 130 valence electrons. The largest absolute Gasteiger partial charge is 0.354 e. The van der Waals surface area contributed by atoms with Gasteiger partial charge in [0.25, 0.3) is 5.91 Å². The zero-order valence-electron chi connectivity index (χ0n) is 14.2. The molecular formula is C19H27N3O2. The van der Waals surface area contributed by atoms with Crippen molar-refractivity contribution in [1.82, 2.24) is 15.5 Å². The average Bonchev–Trinajstić information content (AvgIpc) is 2.65. The highest BCUT2D eigenvalue weighted by Crippen LogP contribution is 2.30. The van der Waals surface area contributed by atoms with E-state index in [0.29, 0.717) is 17.5 Å². The second-order valence-corrected chi connectivity index (χ2v) is 6.85. The Morgan fingerprint density at radius 3 is 2.62 bits per heavy atom. The predicted molar refractivity (Wildman–Crippen MR) is 93.7 cm³/mol. The van der Waals surface area contributed by atoms with Crippen LogP contribution in [0.1, 0.15) is 42.5 Å². The highest BCUT2D eigenvalue weighted by atomic mass is 16.2. The van der Waals surface area contributed by atoms with Crippen LogP contribution in [-0.4, -0.2) is 48.9 Å². The Morgan fingerprint density at radius 2 is 1.79 bits per heavy atom. The highest BCUT2D eigenvalue weighted by Gasteiger charge is 2.32. The second-order valence-electron chi connectivity index (χ2n) is 6.85. The topological polar surface area (TPSA) is 61.4 Å². The summed E-state index contributed by atoms with van der Waals surface area (Å²) in [7, 11) is 0. The van der Waals surface area contributed by atoms with Crippen LogP contribution in [0.2, 0.25) is 0 Å². The quantitative estimate of drug-likeness (QED) is 0.866. The van der Waals surface area contributed by atoms with E-state index in [0.717, 1.165) is 6.54 Å². The first-order valence-corrected chi connectivity index (χ1v) is 9.08. The summed E-state index contributed by atoms with van der Waals surface area (Å²) >= 11 is 0. The third-order valence-corrected chi connectivity index (χ3v) is 5.24. The average molecular weight is 329 g/mol. The molecule has 3 rings (SSSR count). The van der Waals surface area contributed by atoms with Gasteiger partial charge in [0.05, 0.1) is 6.54 Å². The van der Waals surface area contributed by atoms with Gasteiger partial charge in [0, 0.05) is 18.2 Å². The molecule has 2 saturated heterocycles. The molecule has 24 heavy (non-hydrogen) atoms.